The smallest absolute Gasteiger partial charge is 0.306 e. The van der Waals surface area contributed by atoms with Gasteiger partial charge in [-0.3, -0.25) is 14.4 Å². The molecule has 6 rings (SSSR count). The highest BCUT2D eigenvalue weighted by Crippen LogP contribution is 2.43. The fourth-order valence-electron chi connectivity index (χ4n) is 6.58. The van der Waals surface area contributed by atoms with Gasteiger partial charge >= 0.3 is 5.97 Å². The molecule has 13 nitrogen and oxygen atoms in total. The Bertz CT molecular complexity index is 1980. The minimum Gasteiger partial charge on any atom is -0.481 e. The molecule has 15 heteroatoms. The lowest BCUT2D eigenvalue weighted by atomic mass is 9.95. The molecule has 0 saturated carbocycles. The molecule has 2 aromatic carbocycles. The molecule has 1 saturated heterocycles. The molecule has 2 aliphatic rings. The molecule has 4 aromatic rings. The Kier molecular flexibility index (Phi) is 12.4. The normalized spacial score (nSPS) is 16.9. The summed E-state index contributed by atoms with van der Waals surface area (Å²) < 4.78 is 12.0. The van der Waals surface area contributed by atoms with Crippen LogP contribution in [-0.2, 0) is 29.1 Å². The SMILES string of the molecule is COc1nc(O[C@H]2CCc3c(-c4cccc(C(=O)Nc5ccc(CNC[C@H](O)CC(=O)O)cn5)c4Cl)cccc32)c(Cl)cc1CNC[C@@H]1CCC(=O)N1. The number of pyridine rings is 2. The molecule has 0 unspecified atom stereocenters. The first-order valence-corrected chi connectivity index (χ1v) is 18.0. The van der Waals surface area contributed by atoms with Gasteiger partial charge in [0.05, 0.1) is 30.2 Å². The van der Waals surface area contributed by atoms with E-state index in [2.05, 4.69) is 31.2 Å². The fraction of sp³-hybridized carbons (Fsp3) is 0.342. The van der Waals surface area contributed by atoms with Crippen LogP contribution in [0.5, 0.6) is 11.8 Å². The van der Waals surface area contributed by atoms with Crippen LogP contribution >= 0.6 is 23.2 Å². The third-order valence-electron chi connectivity index (χ3n) is 9.16. The number of rotatable bonds is 16. The van der Waals surface area contributed by atoms with E-state index in [-0.39, 0.29) is 42.5 Å². The number of hydrogen-bond acceptors (Lipinski definition) is 10. The van der Waals surface area contributed by atoms with Gasteiger partial charge in [0.15, 0.2) is 0 Å². The zero-order valence-electron chi connectivity index (χ0n) is 29.0. The van der Waals surface area contributed by atoms with Gasteiger partial charge in [0, 0.05) is 56.0 Å². The summed E-state index contributed by atoms with van der Waals surface area (Å²) in [4.78, 5) is 44.5. The van der Waals surface area contributed by atoms with E-state index in [4.69, 9.17) is 37.8 Å². The fourth-order valence-corrected chi connectivity index (χ4v) is 7.11. The first-order valence-electron chi connectivity index (χ1n) is 17.3. The molecule has 0 spiro atoms. The van der Waals surface area contributed by atoms with Crippen LogP contribution in [0.4, 0.5) is 5.82 Å². The van der Waals surface area contributed by atoms with Gasteiger partial charge in [-0.15, -0.1) is 0 Å². The lowest BCUT2D eigenvalue weighted by molar-refractivity contribution is -0.139. The number of aliphatic carboxylic acids is 1. The van der Waals surface area contributed by atoms with Gasteiger partial charge < -0.3 is 41.0 Å². The molecule has 53 heavy (non-hydrogen) atoms. The molecule has 3 atom stereocenters. The summed E-state index contributed by atoms with van der Waals surface area (Å²) in [5.74, 6) is -0.419. The highest BCUT2D eigenvalue weighted by Gasteiger charge is 2.29. The lowest BCUT2D eigenvalue weighted by Crippen LogP contribution is -2.35. The Morgan fingerprint density at radius 3 is 2.57 bits per heavy atom. The molecule has 3 heterocycles. The molecule has 2 amide bonds. The first kappa shape index (κ1) is 38.0. The second-order valence-corrected chi connectivity index (χ2v) is 13.7. The van der Waals surface area contributed by atoms with E-state index < -0.39 is 18.0 Å². The summed E-state index contributed by atoms with van der Waals surface area (Å²) in [6, 6.07) is 16.6. The minimum absolute atomic E-state index is 0.0703. The van der Waals surface area contributed by atoms with Crippen LogP contribution in [0.2, 0.25) is 10.0 Å². The summed E-state index contributed by atoms with van der Waals surface area (Å²) in [7, 11) is 1.55. The zero-order chi connectivity index (χ0) is 37.5. The predicted octanol–water partition coefficient (Wildman–Crippen LogP) is 5.07. The van der Waals surface area contributed by atoms with Crippen LogP contribution in [0.25, 0.3) is 11.1 Å². The number of carboxylic acids is 1. The molecule has 2 aromatic heterocycles. The van der Waals surface area contributed by atoms with Gasteiger partial charge in [-0.1, -0.05) is 59.6 Å². The Labute approximate surface area is 316 Å². The largest absolute Gasteiger partial charge is 0.481 e. The van der Waals surface area contributed by atoms with Crippen molar-refractivity contribution in [3.63, 3.8) is 0 Å². The first-order chi connectivity index (χ1) is 25.6. The molecule has 0 bridgehead atoms. The monoisotopic (exact) mass is 762 g/mol. The number of halogens is 2. The highest BCUT2D eigenvalue weighted by atomic mass is 35.5. The van der Waals surface area contributed by atoms with Gasteiger partial charge in [0.2, 0.25) is 17.7 Å². The number of carbonyl (C=O) groups excluding carboxylic acids is 2. The van der Waals surface area contributed by atoms with Crippen molar-refractivity contribution in [1.29, 1.82) is 0 Å². The van der Waals surface area contributed by atoms with Crippen LogP contribution in [-0.4, -0.2) is 70.3 Å². The van der Waals surface area contributed by atoms with E-state index in [0.29, 0.717) is 66.2 Å². The number of aliphatic hydroxyl groups excluding tert-OH is 1. The van der Waals surface area contributed by atoms with E-state index in [1.807, 2.05) is 24.3 Å². The number of carboxylic acid groups (broad SMARTS) is 1. The maximum absolute atomic E-state index is 13.4. The number of nitrogens with one attached hydrogen (secondary N) is 4. The average molecular weight is 764 g/mol. The van der Waals surface area contributed by atoms with Crippen molar-refractivity contribution < 1.29 is 34.1 Å². The molecule has 1 aliphatic heterocycles. The number of benzene rings is 2. The molecule has 278 valence electrons. The topological polar surface area (TPSA) is 184 Å². The van der Waals surface area contributed by atoms with Gasteiger partial charge in [0.1, 0.15) is 16.9 Å². The van der Waals surface area contributed by atoms with Gasteiger partial charge in [0.25, 0.3) is 5.91 Å². The van der Waals surface area contributed by atoms with Crippen molar-refractivity contribution in [3.8, 4) is 22.9 Å². The van der Waals surface area contributed by atoms with Crippen LogP contribution < -0.4 is 30.7 Å². The summed E-state index contributed by atoms with van der Waals surface area (Å²) in [5, 5.41) is 31.2. The standard InChI is InChI=1S/C38H40Cl2N6O7/c1-52-37-22(18-42-19-23-9-13-33(48)44-23)14-30(39)38(46-37)53-31-11-10-26-25(4-2-5-27(26)31)28-6-3-7-29(35(28)40)36(51)45-32-12-8-21(17-43-32)16-41-20-24(47)15-34(49)50/h2-8,12,14,17,23-24,31,41-42,47H,9-11,13,15-16,18-20H2,1H3,(H,44,48)(H,49,50)(H,43,45,51)/t23-,24+,31-/m0/s1. The molecular formula is C38H40Cl2N6O7. The third-order valence-corrected chi connectivity index (χ3v) is 9.83. The maximum atomic E-state index is 13.4. The molecule has 1 fully saturated rings. The Hall–Kier alpha value is -4.79. The molecular weight excluding hydrogens is 723 g/mol. The van der Waals surface area contributed by atoms with Crippen LogP contribution in [0.15, 0.2) is 60.8 Å². The number of fused-ring (bicyclic) bond motifs is 1. The number of aromatic nitrogens is 2. The zero-order valence-corrected chi connectivity index (χ0v) is 30.5. The second-order valence-electron chi connectivity index (χ2n) is 13.0. The van der Waals surface area contributed by atoms with Gasteiger partial charge in [-0.05, 0) is 59.7 Å². The number of nitrogens with zero attached hydrogens (tertiary/aromatic N) is 2. The van der Waals surface area contributed by atoms with Crippen molar-refractivity contribution in [3.05, 3.63) is 98.7 Å². The average Bonchev–Trinajstić information content (AvgIpc) is 3.75. The lowest BCUT2D eigenvalue weighted by Gasteiger charge is -2.18. The van der Waals surface area contributed by atoms with Gasteiger partial charge in [-0.2, -0.15) is 4.98 Å². The number of amides is 2. The van der Waals surface area contributed by atoms with Crippen molar-refractivity contribution in [2.75, 3.05) is 25.5 Å². The second kappa shape index (κ2) is 17.4. The summed E-state index contributed by atoms with van der Waals surface area (Å²) in [5.41, 5.74) is 5.50. The highest BCUT2D eigenvalue weighted by molar-refractivity contribution is 6.37. The van der Waals surface area contributed by atoms with Crippen molar-refractivity contribution in [2.24, 2.45) is 0 Å². The van der Waals surface area contributed by atoms with E-state index >= 15 is 0 Å². The predicted molar refractivity (Wildman–Crippen MR) is 199 cm³/mol. The molecule has 6 N–H and O–H groups in total. The van der Waals surface area contributed by atoms with E-state index in [1.165, 1.54) is 0 Å². The number of anilines is 1. The van der Waals surface area contributed by atoms with Gasteiger partial charge in [-0.25, -0.2) is 4.98 Å². The minimum atomic E-state index is -1.07. The van der Waals surface area contributed by atoms with E-state index in [0.717, 1.165) is 34.2 Å². The third kappa shape index (κ3) is 9.42. The number of ether oxygens (including phenoxy) is 2. The van der Waals surface area contributed by atoms with E-state index in [9.17, 15) is 19.5 Å². The van der Waals surface area contributed by atoms with Crippen LogP contribution in [0, 0.1) is 0 Å². The summed E-state index contributed by atoms with van der Waals surface area (Å²) in [6.07, 6.45) is 2.66. The molecule has 1 aliphatic carbocycles. The van der Waals surface area contributed by atoms with E-state index in [1.54, 1.807) is 43.6 Å². The number of hydrogen-bond donors (Lipinski definition) is 6. The summed E-state index contributed by atoms with van der Waals surface area (Å²) >= 11 is 13.6. The number of methoxy groups -OCH3 is 1. The maximum Gasteiger partial charge on any atom is 0.306 e. The van der Waals surface area contributed by atoms with Crippen molar-refractivity contribution >= 4 is 46.8 Å². The van der Waals surface area contributed by atoms with Crippen LogP contribution in [0.1, 0.15) is 64.4 Å². The van der Waals surface area contributed by atoms with Crippen molar-refractivity contribution in [2.45, 2.75) is 63.4 Å². The Balaban J connectivity index is 1.11. The quantitative estimate of drug-likeness (QED) is 0.0896. The van der Waals surface area contributed by atoms with Crippen molar-refractivity contribution in [1.82, 2.24) is 25.9 Å². The Morgan fingerprint density at radius 1 is 1.02 bits per heavy atom. The number of carbonyl (C=O) groups is 3. The van der Waals surface area contributed by atoms with Crippen LogP contribution in [0.3, 0.4) is 0 Å². The summed E-state index contributed by atoms with van der Waals surface area (Å²) in [6.45, 7) is 1.57. The Morgan fingerprint density at radius 2 is 1.83 bits per heavy atom. The molecule has 0 radical (unpaired) electrons. The number of aliphatic hydroxyl groups is 1.